The minimum Gasteiger partial charge on any atom is -0.341 e. The fourth-order valence-corrected chi connectivity index (χ4v) is 3.35. The molecule has 0 spiro atoms. The molecule has 104 valence electrons. The van der Waals surface area contributed by atoms with Crippen LogP contribution in [0.5, 0.6) is 0 Å². The molecular formula is C17H17Cl2N. The summed E-state index contributed by atoms with van der Waals surface area (Å²) in [4.78, 5) is 2.35. The van der Waals surface area contributed by atoms with E-state index < -0.39 is 0 Å². The van der Waals surface area contributed by atoms with Gasteiger partial charge < -0.3 is 4.90 Å². The number of anilines is 2. The maximum Gasteiger partial charge on any atom is 0.0488 e. The number of fused-ring (bicyclic) bond motifs is 1. The minimum absolute atomic E-state index is 0.453. The van der Waals surface area contributed by atoms with Crippen molar-refractivity contribution in [2.24, 2.45) is 0 Å². The third-order valence-corrected chi connectivity index (χ3v) is 4.49. The lowest BCUT2D eigenvalue weighted by atomic mass is 9.99. The summed E-state index contributed by atoms with van der Waals surface area (Å²) in [5, 5.41) is 0.747. The standard InChI is InChI=1S/C17H17Cl2N/c1-12-4-7-17-13(9-12)3-2-8-20(17)15-6-5-14(11-18)16(19)10-15/h4-7,9-10H,2-3,8,11H2,1H3. The van der Waals surface area contributed by atoms with Crippen molar-refractivity contribution < 1.29 is 0 Å². The van der Waals surface area contributed by atoms with Gasteiger partial charge in [-0.25, -0.2) is 0 Å². The van der Waals surface area contributed by atoms with Gasteiger partial charge in [0.05, 0.1) is 0 Å². The first-order chi connectivity index (χ1) is 9.69. The Kier molecular flexibility index (Phi) is 3.91. The van der Waals surface area contributed by atoms with E-state index in [1.165, 1.54) is 23.2 Å². The summed E-state index contributed by atoms with van der Waals surface area (Å²) in [6, 6.07) is 12.8. The Morgan fingerprint density at radius 1 is 1.15 bits per heavy atom. The summed E-state index contributed by atoms with van der Waals surface area (Å²) in [7, 11) is 0. The van der Waals surface area contributed by atoms with Gasteiger partial charge in [-0.15, -0.1) is 11.6 Å². The molecule has 0 atom stereocenters. The van der Waals surface area contributed by atoms with Crippen LogP contribution < -0.4 is 4.90 Å². The van der Waals surface area contributed by atoms with Crippen LogP contribution in [-0.4, -0.2) is 6.54 Å². The highest BCUT2D eigenvalue weighted by Gasteiger charge is 2.18. The van der Waals surface area contributed by atoms with Crippen molar-refractivity contribution >= 4 is 34.6 Å². The molecule has 0 saturated heterocycles. The number of alkyl halides is 1. The Hall–Kier alpha value is -1.18. The molecule has 2 aromatic carbocycles. The summed E-state index contributed by atoms with van der Waals surface area (Å²) >= 11 is 12.2. The van der Waals surface area contributed by atoms with Crippen LogP contribution in [0.4, 0.5) is 11.4 Å². The Labute approximate surface area is 130 Å². The number of hydrogen-bond donors (Lipinski definition) is 0. The number of benzene rings is 2. The number of nitrogens with zero attached hydrogens (tertiary/aromatic N) is 1. The lowest BCUT2D eigenvalue weighted by molar-refractivity contribution is 0.766. The van der Waals surface area contributed by atoms with E-state index in [0.29, 0.717) is 5.88 Å². The van der Waals surface area contributed by atoms with Crippen LogP contribution in [0.3, 0.4) is 0 Å². The molecule has 0 aliphatic carbocycles. The van der Waals surface area contributed by atoms with Gasteiger partial charge in [-0.05, 0) is 49.1 Å². The number of halogens is 2. The van der Waals surface area contributed by atoms with E-state index in [2.05, 4.69) is 36.1 Å². The maximum atomic E-state index is 6.29. The molecule has 0 radical (unpaired) electrons. The average Bonchev–Trinajstić information content (AvgIpc) is 2.46. The highest BCUT2D eigenvalue weighted by molar-refractivity contribution is 6.32. The zero-order chi connectivity index (χ0) is 14.1. The molecule has 1 aliphatic heterocycles. The maximum absolute atomic E-state index is 6.29. The van der Waals surface area contributed by atoms with Crippen LogP contribution in [0.25, 0.3) is 0 Å². The second kappa shape index (κ2) is 5.67. The van der Waals surface area contributed by atoms with Gasteiger partial charge in [0, 0.05) is 28.8 Å². The van der Waals surface area contributed by atoms with Gasteiger partial charge in [-0.2, -0.15) is 0 Å². The molecule has 1 heterocycles. The second-order valence-corrected chi connectivity index (χ2v) is 5.97. The molecule has 0 unspecified atom stereocenters. The van der Waals surface area contributed by atoms with Crippen molar-refractivity contribution in [1.82, 2.24) is 0 Å². The van der Waals surface area contributed by atoms with Gasteiger partial charge in [0.25, 0.3) is 0 Å². The van der Waals surface area contributed by atoms with Crippen LogP contribution in [0.15, 0.2) is 36.4 Å². The Morgan fingerprint density at radius 3 is 2.75 bits per heavy atom. The summed E-state index contributed by atoms with van der Waals surface area (Å²) < 4.78 is 0. The first-order valence-electron chi connectivity index (χ1n) is 6.90. The van der Waals surface area contributed by atoms with Gasteiger partial charge in [-0.1, -0.05) is 35.4 Å². The van der Waals surface area contributed by atoms with Crippen molar-refractivity contribution in [1.29, 1.82) is 0 Å². The highest BCUT2D eigenvalue weighted by atomic mass is 35.5. The zero-order valence-electron chi connectivity index (χ0n) is 11.5. The van der Waals surface area contributed by atoms with Gasteiger partial charge in [0.2, 0.25) is 0 Å². The predicted octanol–water partition coefficient (Wildman–Crippen LogP) is 5.47. The topological polar surface area (TPSA) is 3.24 Å². The first kappa shape index (κ1) is 13.8. The van der Waals surface area contributed by atoms with E-state index in [4.69, 9.17) is 23.2 Å². The summed E-state index contributed by atoms with van der Waals surface area (Å²) in [6.07, 6.45) is 2.33. The molecule has 0 amide bonds. The number of hydrogen-bond acceptors (Lipinski definition) is 1. The molecule has 3 rings (SSSR count). The fourth-order valence-electron chi connectivity index (χ4n) is 2.81. The van der Waals surface area contributed by atoms with Crippen molar-refractivity contribution in [2.75, 3.05) is 11.4 Å². The summed E-state index contributed by atoms with van der Waals surface area (Å²) in [5.41, 5.74) is 6.18. The molecule has 3 heteroatoms. The highest BCUT2D eigenvalue weighted by Crippen LogP contribution is 2.35. The van der Waals surface area contributed by atoms with Crippen LogP contribution in [0.2, 0.25) is 5.02 Å². The monoisotopic (exact) mass is 305 g/mol. The summed E-state index contributed by atoms with van der Waals surface area (Å²) in [5.74, 6) is 0.453. The number of aryl methyl sites for hydroxylation is 2. The molecule has 0 fully saturated rings. The van der Waals surface area contributed by atoms with Crippen LogP contribution in [0.1, 0.15) is 23.1 Å². The Morgan fingerprint density at radius 2 is 2.00 bits per heavy atom. The average molecular weight is 306 g/mol. The second-order valence-electron chi connectivity index (χ2n) is 5.30. The van der Waals surface area contributed by atoms with Gasteiger partial charge in [0.1, 0.15) is 0 Å². The Balaban J connectivity index is 2.02. The Bertz CT molecular complexity index is 637. The lowest BCUT2D eigenvalue weighted by Crippen LogP contribution is -2.24. The minimum atomic E-state index is 0.453. The van der Waals surface area contributed by atoms with Gasteiger partial charge >= 0.3 is 0 Å². The van der Waals surface area contributed by atoms with Gasteiger partial charge in [-0.3, -0.25) is 0 Å². The van der Waals surface area contributed by atoms with Gasteiger partial charge in [0.15, 0.2) is 0 Å². The molecule has 0 saturated carbocycles. The molecule has 0 bridgehead atoms. The molecule has 2 aromatic rings. The molecule has 20 heavy (non-hydrogen) atoms. The van der Waals surface area contributed by atoms with Crippen LogP contribution in [-0.2, 0) is 12.3 Å². The number of rotatable bonds is 2. The van der Waals surface area contributed by atoms with Crippen LogP contribution in [0, 0.1) is 6.92 Å². The van der Waals surface area contributed by atoms with Crippen LogP contribution >= 0.6 is 23.2 Å². The molecule has 0 aromatic heterocycles. The van der Waals surface area contributed by atoms with E-state index in [9.17, 15) is 0 Å². The fraction of sp³-hybridized carbons (Fsp3) is 0.294. The summed E-state index contributed by atoms with van der Waals surface area (Å²) in [6.45, 7) is 3.18. The van der Waals surface area contributed by atoms with Crippen molar-refractivity contribution in [3.05, 3.63) is 58.1 Å². The molecule has 1 nitrogen and oxygen atoms in total. The molecule has 0 N–H and O–H groups in total. The van der Waals surface area contributed by atoms with Crippen molar-refractivity contribution in [3.8, 4) is 0 Å². The lowest BCUT2D eigenvalue weighted by Gasteiger charge is -2.32. The van der Waals surface area contributed by atoms with E-state index in [1.807, 2.05) is 12.1 Å². The third kappa shape index (κ3) is 2.53. The SMILES string of the molecule is Cc1ccc2c(c1)CCCN2c1ccc(CCl)c(Cl)c1. The largest absolute Gasteiger partial charge is 0.341 e. The normalized spacial score (nSPS) is 14.2. The van der Waals surface area contributed by atoms with E-state index >= 15 is 0 Å². The quantitative estimate of drug-likeness (QED) is 0.665. The van der Waals surface area contributed by atoms with E-state index in [0.717, 1.165) is 29.2 Å². The third-order valence-electron chi connectivity index (χ3n) is 3.85. The van der Waals surface area contributed by atoms with E-state index in [-0.39, 0.29) is 0 Å². The smallest absolute Gasteiger partial charge is 0.0488 e. The van der Waals surface area contributed by atoms with E-state index in [1.54, 1.807) is 0 Å². The first-order valence-corrected chi connectivity index (χ1v) is 7.82. The predicted molar refractivity (Wildman–Crippen MR) is 87.5 cm³/mol. The molecular weight excluding hydrogens is 289 g/mol. The zero-order valence-corrected chi connectivity index (χ0v) is 13.0. The van der Waals surface area contributed by atoms with Crippen molar-refractivity contribution in [3.63, 3.8) is 0 Å². The van der Waals surface area contributed by atoms with Crippen molar-refractivity contribution in [2.45, 2.75) is 25.6 Å². The molecule has 1 aliphatic rings.